The Balaban J connectivity index is 1.49. The Morgan fingerprint density at radius 3 is 2.60 bits per heavy atom. The van der Waals surface area contributed by atoms with Crippen LogP contribution in [0.25, 0.3) is 0 Å². The van der Waals surface area contributed by atoms with Gasteiger partial charge in [0.15, 0.2) is 0 Å². The predicted octanol–water partition coefficient (Wildman–Crippen LogP) is 3.88. The second-order valence-electron chi connectivity index (χ2n) is 7.43. The molecule has 0 spiro atoms. The Morgan fingerprint density at radius 2 is 1.80 bits per heavy atom. The highest BCUT2D eigenvalue weighted by Crippen LogP contribution is 2.49. The molecule has 2 N–H and O–H groups in total. The molecule has 3 atom stereocenters. The van der Waals surface area contributed by atoms with E-state index >= 15 is 0 Å². The maximum atomic E-state index is 11.7. The van der Waals surface area contributed by atoms with Gasteiger partial charge in [0.05, 0.1) is 0 Å². The van der Waals surface area contributed by atoms with Gasteiger partial charge in [-0.2, -0.15) is 0 Å². The number of rotatable bonds is 5. The largest absolute Gasteiger partial charge is 0.369 e. The zero-order valence-corrected chi connectivity index (χ0v) is 14.6. The van der Waals surface area contributed by atoms with Gasteiger partial charge >= 0.3 is 0 Å². The molecule has 2 aliphatic rings. The second kappa shape index (κ2) is 6.91. The van der Waals surface area contributed by atoms with Crippen molar-refractivity contribution < 1.29 is 4.79 Å². The third-order valence-electron chi connectivity index (χ3n) is 5.97. The number of para-hydroxylation sites is 1. The van der Waals surface area contributed by atoms with Crippen LogP contribution >= 0.6 is 0 Å². The topological polar surface area (TPSA) is 46.3 Å². The molecule has 1 amide bonds. The highest BCUT2D eigenvalue weighted by Gasteiger charge is 2.42. The number of nitrogens with zero attached hydrogens (tertiary/aromatic N) is 1. The fourth-order valence-electron chi connectivity index (χ4n) is 4.75. The van der Waals surface area contributed by atoms with Gasteiger partial charge in [0, 0.05) is 30.1 Å². The van der Waals surface area contributed by atoms with Crippen molar-refractivity contribution in [2.45, 2.75) is 44.1 Å². The number of nitrogens with two attached hydrogens (primary N) is 1. The van der Waals surface area contributed by atoms with E-state index in [0.29, 0.717) is 12.0 Å². The molecule has 1 aliphatic heterocycles. The number of fused-ring (bicyclic) bond motifs is 3. The number of hydrogen-bond donors (Lipinski definition) is 1. The van der Waals surface area contributed by atoms with Gasteiger partial charge in [-0.05, 0) is 49.3 Å². The number of hydrogen-bond acceptors (Lipinski definition) is 2. The van der Waals surface area contributed by atoms with Crippen LogP contribution in [-0.2, 0) is 11.2 Å². The van der Waals surface area contributed by atoms with Crippen molar-refractivity contribution >= 4 is 11.6 Å². The number of carbonyl (C=O) groups is 1. The van der Waals surface area contributed by atoms with Crippen LogP contribution in [0.5, 0.6) is 0 Å². The molecular formula is C22H26N2O. The van der Waals surface area contributed by atoms with E-state index in [-0.39, 0.29) is 11.8 Å². The summed E-state index contributed by atoms with van der Waals surface area (Å²) in [7, 11) is 0. The lowest BCUT2D eigenvalue weighted by Gasteiger charge is -2.36. The van der Waals surface area contributed by atoms with E-state index in [4.69, 9.17) is 5.73 Å². The lowest BCUT2D eigenvalue weighted by molar-refractivity contribution is -0.122. The van der Waals surface area contributed by atoms with Crippen molar-refractivity contribution in [1.29, 1.82) is 0 Å². The Hall–Kier alpha value is -2.29. The van der Waals surface area contributed by atoms with Crippen LogP contribution in [0.1, 0.15) is 42.7 Å². The SMILES string of the molecule is NC(=O)C1CCC2C(C1)c1ccccc1N2CCCc1ccccc1. The van der Waals surface area contributed by atoms with Gasteiger partial charge in [-0.3, -0.25) is 4.79 Å². The van der Waals surface area contributed by atoms with Gasteiger partial charge in [0.1, 0.15) is 0 Å². The van der Waals surface area contributed by atoms with Crippen LogP contribution in [0.3, 0.4) is 0 Å². The van der Waals surface area contributed by atoms with Gasteiger partial charge in [-0.1, -0.05) is 48.5 Å². The predicted molar refractivity (Wildman–Crippen MR) is 102 cm³/mol. The minimum absolute atomic E-state index is 0.0403. The molecule has 25 heavy (non-hydrogen) atoms. The minimum Gasteiger partial charge on any atom is -0.369 e. The molecule has 130 valence electrons. The van der Waals surface area contributed by atoms with E-state index in [1.807, 2.05) is 0 Å². The Bertz CT molecular complexity index is 743. The van der Waals surface area contributed by atoms with Crippen molar-refractivity contribution in [3.05, 3.63) is 65.7 Å². The van der Waals surface area contributed by atoms with Crippen LogP contribution in [0.2, 0.25) is 0 Å². The molecule has 2 aromatic carbocycles. The Labute approximate surface area is 149 Å². The first-order chi connectivity index (χ1) is 12.2. The molecule has 0 radical (unpaired) electrons. The number of amides is 1. The molecule has 3 unspecified atom stereocenters. The van der Waals surface area contributed by atoms with Gasteiger partial charge in [0.25, 0.3) is 0 Å². The van der Waals surface area contributed by atoms with Gasteiger partial charge in [0.2, 0.25) is 5.91 Å². The van der Waals surface area contributed by atoms with E-state index in [0.717, 1.165) is 38.6 Å². The number of anilines is 1. The fourth-order valence-corrected chi connectivity index (χ4v) is 4.75. The molecule has 3 heteroatoms. The zero-order chi connectivity index (χ0) is 17.2. The van der Waals surface area contributed by atoms with Crippen molar-refractivity contribution in [2.75, 3.05) is 11.4 Å². The summed E-state index contributed by atoms with van der Waals surface area (Å²) in [6.45, 7) is 1.08. The molecular weight excluding hydrogens is 308 g/mol. The minimum atomic E-state index is -0.126. The molecule has 1 heterocycles. The first kappa shape index (κ1) is 16.2. The smallest absolute Gasteiger partial charge is 0.220 e. The third-order valence-corrected chi connectivity index (χ3v) is 5.97. The monoisotopic (exact) mass is 334 g/mol. The van der Waals surface area contributed by atoms with Crippen molar-refractivity contribution in [3.8, 4) is 0 Å². The quantitative estimate of drug-likeness (QED) is 0.902. The second-order valence-corrected chi connectivity index (χ2v) is 7.43. The van der Waals surface area contributed by atoms with E-state index < -0.39 is 0 Å². The average molecular weight is 334 g/mol. The van der Waals surface area contributed by atoms with Crippen molar-refractivity contribution in [2.24, 2.45) is 11.7 Å². The van der Waals surface area contributed by atoms with Gasteiger partial charge in [-0.25, -0.2) is 0 Å². The summed E-state index contributed by atoms with van der Waals surface area (Å²) in [6, 6.07) is 20.0. The molecule has 3 nitrogen and oxygen atoms in total. The van der Waals surface area contributed by atoms with Crippen LogP contribution < -0.4 is 10.6 Å². The molecule has 0 saturated heterocycles. The van der Waals surface area contributed by atoms with Crippen LogP contribution in [0.15, 0.2) is 54.6 Å². The number of primary amides is 1. The number of carbonyl (C=O) groups excluding carboxylic acids is 1. The molecule has 0 bridgehead atoms. The summed E-state index contributed by atoms with van der Waals surface area (Å²) in [5.74, 6) is 0.371. The van der Waals surface area contributed by atoms with Crippen LogP contribution in [0.4, 0.5) is 5.69 Å². The highest BCUT2D eigenvalue weighted by molar-refractivity contribution is 5.77. The molecule has 0 aromatic heterocycles. The normalized spacial score (nSPS) is 24.6. The van der Waals surface area contributed by atoms with Gasteiger partial charge in [-0.15, -0.1) is 0 Å². The third kappa shape index (κ3) is 3.15. The van der Waals surface area contributed by atoms with E-state index in [1.165, 1.54) is 16.8 Å². The highest BCUT2D eigenvalue weighted by atomic mass is 16.1. The number of benzene rings is 2. The molecule has 1 aliphatic carbocycles. The standard InChI is InChI=1S/C22H26N2O/c23-22(25)17-12-13-21-19(15-17)18-10-4-5-11-20(18)24(21)14-6-9-16-7-2-1-3-8-16/h1-5,7-8,10-11,17,19,21H,6,9,12-15H2,(H2,23,25). The van der Waals surface area contributed by atoms with E-state index in [9.17, 15) is 4.79 Å². The number of aryl methyl sites for hydroxylation is 1. The van der Waals surface area contributed by atoms with Gasteiger partial charge < -0.3 is 10.6 Å². The summed E-state index contributed by atoms with van der Waals surface area (Å²) in [4.78, 5) is 14.3. The van der Waals surface area contributed by atoms with Crippen LogP contribution in [0, 0.1) is 5.92 Å². The zero-order valence-electron chi connectivity index (χ0n) is 14.6. The average Bonchev–Trinajstić information content (AvgIpc) is 2.96. The lowest BCUT2D eigenvalue weighted by Crippen LogP contribution is -2.41. The molecule has 1 saturated carbocycles. The molecule has 2 aromatic rings. The van der Waals surface area contributed by atoms with Crippen LogP contribution in [-0.4, -0.2) is 18.5 Å². The van der Waals surface area contributed by atoms with Crippen molar-refractivity contribution in [3.63, 3.8) is 0 Å². The molecule has 1 fully saturated rings. The van der Waals surface area contributed by atoms with E-state index in [2.05, 4.69) is 59.5 Å². The first-order valence-corrected chi connectivity index (χ1v) is 9.43. The van der Waals surface area contributed by atoms with Crippen molar-refractivity contribution in [1.82, 2.24) is 0 Å². The summed E-state index contributed by atoms with van der Waals surface area (Å²) in [6.07, 6.45) is 5.17. The van der Waals surface area contributed by atoms with E-state index in [1.54, 1.807) is 0 Å². The first-order valence-electron chi connectivity index (χ1n) is 9.43. The Morgan fingerprint density at radius 1 is 1.04 bits per heavy atom. The maximum Gasteiger partial charge on any atom is 0.220 e. The Kier molecular flexibility index (Phi) is 4.48. The molecule has 4 rings (SSSR count). The fraction of sp³-hybridized carbons (Fsp3) is 0.409. The maximum absolute atomic E-state index is 11.7. The summed E-state index contributed by atoms with van der Waals surface area (Å²) >= 11 is 0. The lowest BCUT2D eigenvalue weighted by atomic mass is 9.76. The summed E-state index contributed by atoms with van der Waals surface area (Å²) in [5, 5.41) is 0. The summed E-state index contributed by atoms with van der Waals surface area (Å²) in [5.41, 5.74) is 9.79. The summed E-state index contributed by atoms with van der Waals surface area (Å²) < 4.78 is 0.